The Labute approximate surface area is 160 Å². The van der Waals surface area contributed by atoms with Crippen LogP contribution in [0.15, 0.2) is 72.7 Å². The van der Waals surface area contributed by atoms with Gasteiger partial charge in [0.25, 0.3) is 0 Å². The Kier molecular flexibility index (Phi) is 7.23. The average molecular weight is 389 g/mol. The highest BCUT2D eigenvalue weighted by atomic mass is 32.2. The molecule has 0 amide bonds. The van der Waals surface area contributed by atoms with Crippen LogP contribution < -0.4 is 5.73 Å². The van der Waals surface area contributed by atoms with E-state index in [4.69, 9.17) is 5.73 Å². The maximum atomic E-state index is 12.5. The molecule has 2 rings (SSSR count). The number of rotatable bonds is 9. The summed E-state index contributed by atoms with van der Waals surface area (Å²) in [6.07, 6.45) is 0. The van der Waals surface area contributed by atoms with Crippen molar-refractivity contribution in [2.24, 2.45) is 5.73 Å². The van der Waals surface area contributed by atoms with Crippen molar-refractivity contribution in [3.05, 3.63) is 89.4 Å². The maximum Gasteiger partial charge on any atom is 0.218 e. The zero-order valence-electron chi connectivity index (χ0n) is 14.9. The summed E-state index contributed by atoms with van der Waals surface area (Å²) in [5.41, 5.74) is 8.40. The summed E-state index contributed by atoms with van der Waals surface area (Å²) < 4.78 is 26.3. The molecule has 0 radical (unpaired) electrons. The standard InChI is InChI=1S/C20H24N2O2S2/c1-16(25-17(2)20-11-9-18(13-21)10-12-20)14-22(3)26(23,24)15-19-7-5-4-6-8-19/h4-12H,1-2,13-15,21H2,3H3. The van der Waals surface area contributed by atoms with E-state index in [0.29, 0.717) is 6.54 Å². The summed E-state index contributed by atoms with van der Waals surface area (Å²) in [6.45, 7) is 8.78. The highest BCUT2D eigenvalue weighted by Crippen LogP contribution is 2.32. The largest absolute Gasteiger partial charge is 0.326 e. The SMILES string of the molecule is C=C(CN(C)S(=O)(=O)Cc1ccccc1)SC(=C)c1ccc(CN)cc1. The van der Waals surface area contributed by atoms with Gasteiger partial charge in [-0.2, -0.15) is 4.31 Å². The predicted molar refractivity (Wildman–Crippen MR) is 112 cm³/mol. The predicted octanol–water partition coefficient (Wildman–Crippen LogP) is 3.82. The van der Waals surface area contributed by atoms with E-state index < -0.39 is 10.0 Å². The molecule has 0 aromatic heterocycles. The van der Waals surface area contributed by atoms with Gasteiger partial charge < -0.3 is 5.73 Å². The molecule has 0 aliphatic carbocycles. The molecule has 2 N–H and O–H groups in total. The molecule has 0 unspecified atom stereocenters. The van der Waals surface area contributed by atoms with E-state index in [1.165, 1.54) is 16.1 Å². The van der Waals surface area contributed by atoms with E-state index in [0.717, 1.165) is 26.5 Å². The fourth-order valence-electron chi connectivity index (χ4n) is 2.33. The fourth-order valence-corrected chi connectivity index (χ4v) is 4.46. The lowest BCUT2D eigenvalue weighted by Crippen LogP contribution is -2.29. The number of sulfonamides is 1. The van der Waals surface area contributed by atoms with Gasteiger partial charge in [0, 0.05) is 25.0 Å². The summed E-state index contributed by atoms with van der Waals surface area (Å²) in [4.78, 5) is 1.55. The minimum atomic E-state index is -3.40. The molecule has 0 atom stereocenters. The molecule has 138 valence electrons. The smallest absolute Gasteiger partial charge is 0.218 e. The van der Waals surface area contributed by atoms with E-state index in [2.05, 4.69) is 13.2 Å². The van der Waals surface area contributed by atoms with Crippen molar-refractivity contribution >= 4 is 26.7 Å². The third kappa shape index (κ3) is 5.85. The molecule has 0 saturated heterocycles. The number of benzene rings is 2. The van der Waals surface area contributed by atoms with Crippen molar-refractivity contribution in [1.82, 2.24) is 4.31 Å². The van der Waals surface area contributed by atoms with E-state index >= 15 is 0 Å². The Balaban J connectivity index is 1.94. The van der Waals surface area contributed by atoms with Crippen LogP contribution in [0.5, 0.6) is 0 Å². The van der Waals surface area contributed by atoms with Crippen LogP contribution in [-0.4, -0.2) is 26.3 Å². The van der Waals surface area contributed by atoms with Gasteiger partial charge in [0.05, 0.1) is 5.75 Å². The number of thioether (sulfide) groups is 1. The summed E-state index contributed by atoms with van der Waals surface area (Å²) in [5, 5.41) is 0. The number of likely N-dealkylation sites (N-methyl/N-ethyl adjacent to an activating group) is 1. The van der Waals surface area contributed by atoms with Gasteiger partial charge >= 0.3 is 0 Å². The summed E-state index contributed by atoms with van der Waals surface area (Å²) in [5.74, 6) is -0.0240. The second-order valence-electron chi connectivity index (χ2n) is 5.96. The van der Waals surface area contributed by atoms with Crippen molar-refractivity contribution in [1.29, 1.82) is 0 Å². The van der Waals surface area contributed by atoms with Gasteiger partial charge in [0.1, 0.15) is 0 Å². The Hall–Kier alpha value is -1.86. The van der Waals surface area contributed by atoms with Crippen LogP contribution in [0.1, 0.15) is 16.7 Å². The van der Waals surface area contributed by atoms with E-state index in [9.17, 15) is 8.42 Å². The minimum absolute atomic E-state index is 0.0240. The van der Waals surface area contributed by atoms with E-state index in [-0.39, 0.29) is 12.3 Å². The van der Waals surface area contributed by atoms with Crippen LogP contribution in [0.3, 0.4) is 0 Å². The Morgan fingerprint density at radius 2 is 1.65 bits per heavy atom. The highest BCUT2D eigenvalue weighted by molar-refractivity contribution is 8.11. The van der Waals surface area contributed by atoms with Gasteiger partial charge in [-0.25, -0.2) is 8.42 Å². The molecule has 0 fully saturated rings. The van der Waals surface area contributed by atoms with Crippen molar-refractivity contribution in [2.45, 2.75) is 12.3 Å². The average Bonchev–Trinajstić information content (AvgIpc) is 2.62. The van der Waals surface area contributed by atoms with Crippen LogP contribution in [-0.2, 0) is 22.3 Å². The molecule has 6 heteroatoms. The highest BCUT2D eigenvalue weighted by Gasteiger charge is 2.19. The second kappa shape index (κ2) is 9.19. The van der Waals surface area contributed by atoms with Gasteiger partial charge in [-0.1, -0.05) is 79.5 Å². The molecule has 26 heavy (non-hydrogen) atoms. The summed E-state index contributed by atoms with van der Waals surface area (Å²) in [7, 11) is -1.83. The van der Waals surface area contributed by atoms with Crippen LogP contribution in [0.25, 0.3) is 4.91 Å². The zero-order valence-corrected chi connectivity index (χ0v) is 16.5. The van der Waals surface area contributed by atoms with E-state index in [1.807, 2.05) is 54.6 Å². The quantitative estimate of drug-likeness (QED) is 0.709. The number of hydrogen-bond acceptors (Lipinski definition) is 4. The molecule has 0 saturated carbocycles. The summed E-state index contributed by atoms with van der Waals surface area (Å²) in [6, 6.07) is 17.0. The summed E-state index contributed by atoms with van der Waals surface area (Å²) >= 11 is 1.39. The van der Waals surface area contributed by atoms with Gasteiger partial charge in [-0.05, 0) is 21.6 Å². The molecular weight excluding hydrogens is 364 g/mol. The monoisotopic (exact) mass is 388 g/mol. The first-order valence-electron chi connectivity index (χ1n) is 8.13. The molecule has 4 nitrogen and oxygen atoms in total. The second-order valence-corrected chi connectivity index (χ2v) is 9.31. The molecular formula is C20H24N2O2S2. The lowest BCUT2D eigenvalue weighted by molar-refractivity contribution is 0.497. The van der Waals surface area contributed by atoms with Gasteiger partial charge in [-0.3, -0.25) is 0 Å². The minimum Gasteiger partial charge on any atom is -0.326 e. The normalized spacial score (nSPS) is 11.5. The number of hydrogen-bond donors (Lipinski definition) is 1. The van der Waals surface area contributed by atoms with E-state index in [1.54, 1.807) is 7.05 Å². The molecule has 2 aromatic carbocycles. The molecule has 2 aromatic rings. The van der Waals surface area contributed by atoms with Crippen molar-refractivity contribution in [2.75, 3.05) is 13.6 Å². The van der Waals surface area contributed by atoms with Crippen LogP contribution >= 0.6 is 11.8 Å². The van der Waals surface area contributed by atoms with Crippen LogP contribution in [0.4, 0.5) is 0 Å². The lowest BCUT2D eigenvalue weighted by atomic mass is 10.1. The number of nitrogens with zero attached hydrogens (tertiary/aromatic N) is 1. The van der Waals surface area contributed by atoms with Gasteiger partial charge in [-0.15, -0.1) is 0 Å². The Morgan fingerprint density at radius 1 is 1.04 bits per heavy atom. The lowest BCUT2D eigenvalue weighted by Gasteiger charge is -2.19. The van der Waals surface area contributed by atoms with Crippen molar-refractivity contribution < 1.29 is 8.42 Å². The molecule has 0 heterocycles. The fraction of sp³-hybridized carbons (Fsp3) is 0.200. The van der Waals surface area contributed by atoms with Gasteiger partial charge in [0.2, 0.25) is 10.0 Å². The van der Waals surface area contributed by atoms with Crippen molar-refractivity contribution in [3.63, 3.8) is 0 Å². The van der Waals surface area contributed by atoms with Crippen LogP contribution in [0.2, 0.25) is 0 Å². The molecule has 0 bridgehead atoms. The zero-order chi connectivity index (χ0) is 19.2. The van der Waals surface area contributed by atoms with Crippen molar-refractivity contribution in [3.8, 4) is 0 Å². The maximum absolute atomic E-state index is 12.5. The molecule has 0 aliphatic rings. The van der Waals surface area contributed by atoms with Gasteiger partial charge in [0.15, 0.2) is 0 Å². The first-order chi connectivity index (χ1) is 12.3. The first kappa shape index (κ1) is 20.5. The third-order valence-corrected chi connectivity index (χ3v) is 6.52. The topological polar surface area (TPSA) is 63.4 Å². The molecule has 0 spiro atoms. The third-order valence-electron chi connectivity index (χ3n) is 3.84. The molecule has 0 aliphatic heterocycles. The Bertz CT molecular complexity index is 860. The van der Waals surface area contributed by atoms with Crippen LogP contribution in [0, 0.1) is 0 Å². The Morgan fingerprint density at radius 3 is 2.23 bits per heavy atom. The number of nitrogens with two attached hydrogens (primary N) is 1. The first-order valence-corrected chi connectivity index (χ1v) is 10.6.